The van der Waals surface area contributed by atoms with Crippen molar-refractivity contribution in [2.24, 2.45) is 0 Å². The summed E-state index contributed by atoms with van der Waals surface area (Å²) in [5.74, 6) is -2.61. The zero-order valence-electron chi connectivity index (χ0n) is 31.6. The highest BCUT2D eigenvalue weighted by Gasteiger charge is 2.32. The number of phenolic OH excluding ortho intramolecular Hbond substituents is 3. The number of aromatic hydroxyl groups is 3. The third-order valence-electron chi connectivity index (χ3n) is 10.1. The van der Waals surface area contributed by atoms with Gasteiger partial charge in [-0.15, -0.1) is 5.75 Å². The molecule has 0 spiro atoms. The minimum Gasteiger partial charge on any atom is -0.872 e. The minimum atomic E-state index is -0.996. The number of carbonyl (C=O) groups is 3. The molecule has 58 heavy (non-hydrogen) atoms. The van der Waals surface area contributed by atoms with E-state index < -0.39 is 17.9 Å². The van der Waals surface area contributed by atoms with E-state index in [4.69, 9.17) is 15.3 Å². The average molecular weight is 784 g/mol. The van der Waals surface area contributed by atoms with Crippen molar-refractivity contribution in [1.29, 1.82) is 0 Å². The maximum atomic E-state index is 11.7. The van der Waals surface area contributed by atoms with E-state index in [1.54, 1.807) is 78.9 Å². The first-order chi connectivity index (χ1) is 27.8. The molecular weight excluding hydrogens is 739 g/mol. The highest BCUT2D eigenvalue weighted by atomic mass is 16.4. The van der Waals surface area contributed by atoms with E-state index in [-0.39, 0.29) is 78.2 Å². The van der Waals surface area contributed by atoms with Gasteiger partial charge in [0.2, 0.25) is 0 Å². The fourth-order valence-corrected chi connectivity index (χ4v) is 7.09. The number of phenols is 3. The molecule has 0 heterocycles. The van der Waals surface area contributed by atoms with Gasteiger partial charge in [0.15, 0.2) is 0 Å². The van der Waals surface area contributed by atoms with Gasteiger partial charge in [-0.1, -0.05) is 103 Å². The molecule has 6 aromatic carbocycles. The van der Waals surface area contributed by atoms with Crippen LogP contribution < -0.4 is 9.59 Å². The molecule has 6 N–H and O–H groups in total. The summed E-state index contributed by atoms with van der Waals surface area (Å²) < 4.78 is 0.0335. The lowest BCUT2D eigenvalue weighted by Crippen LogP contribution is -2.53. The first-order valence-corrected chi connectivity index (χ1v) is 18.6. The predicted octanol–water partition coefficient (Wildman–Crippen LogP) is 7.66. The SMILES string of the molecule is O=C(O)CC[N+](CCC(=O)O)(CCC(=O)O)c1ccccc1.[O-]c1ccc(C(c2ccc(O)cc2)c2ccc(C(c3ccc(O)cc3)c3ccc(O)cc3)cc2)cc1. The second kappa shape index (κ2) is 19.7. The summed E-state index contributed by atoms with van der Waals surface area (Å²) in [4.78, 5) is 32.7. The van der Waals surface area contributed by atoms with E-state index in [1.807, 2.05) is 48.5 Å². The van der Waals surface area contributed by atoms with Crippen molar-refractivity contribution >= 4 is 23.6 Å². The summed E-state index contributed by atoms with van der Waals surface area (Å²) in [6, 6.07) is 45.6. The van der Waals surface area contributed by atoms with Crippen LogP contribution in [0, 0.1) is 0 Å². The Balaban J connectivity index is 0.000000251. The number of rotatable bonds is 16. The molecule has 298 valence electrons. The zero-order valence-corrected chi connectivity index (χ0v) is 31.6. The van der Waals surface area contributed by atoms with E-state index in [0.717, 1.165) is 39.1 Å². The van der Waals surface area contributed by atoms with Crippen molar-refractivity contribution < 1.29 is 50.1 Å². The number of hydrogen-bond acceptors (Lipinski definition) is 7. The maximum absolute atomic E-state index is 11.7. The van der Waals surface area contributed by atoms with Crippen LogP contribution >= 0.6 is 0 Å². The third kappa shape index (κ3) is 11.5. The number of hydrogen-bond donors (Lipinski definition) is 6. The molecular formula is C47H45NO10. The molecule has 0 aromatic heterocycles. The quantitative estimate of drug-likeness (QED) is 0.0419. The van der Waals surface area contributed by atoms with Gasteiger partial charge in [0.25, 0.3) is 0 Å². The summed E-state index contributed by atoms with van der Waals surface area (Å²) in [7, 11) is 0. The number of carboxylic acids is 3. The lowest BCUT2D eigenvalue weighted by Gasteiger charge is -2.37. The van der Waals surface area contributed by atoms with E-state index in [1.165, 1.54) is 0 Å². The Morgan fingerprint density at radius 1 is 0.414 bits per heavy atom. The lowest BCUT2D eigenvalue weighted by atomic mass is 9.81. The molecule has 11 heteroatoms. The summed E-state index contributed by atoms with van der Waals surface area (Å²) >= 11 is 0. The number of quaternary nitrogens is 1. The van der Waals surface area contributed by atoms with Crippen molar-refractivity contribution in [2.45, 2.75) is 31.1 Å². The molecule has 0 fully saturated rings. The van der Waals surface area contributed by atoms with Crippen molar-refractivity contribution in [3.63, 3.8) is 0 Å². The molecule has 0 bridgehead atoms. The van der Waals surface area contributed by atoms with Crippen LogP contribution in [0.2, 0.25) is 0 Å². The molecule has 0 aliphatic carbocycles. The van der Waals surface area contributed by atoms with Crippen LogP contribution in [0.1, 0.15) is 64.5 Å². The summed E-state index contributed by atoms with van der Waals surface area (Å²) in [6.45, 7) is 0.458. The molecule has 0 radical (unpaired) electrons. The first kappa shape index (κ1) is 42.0. The van der Waals surface area contributed by atoms with Crippen LogP contribution in [-0.2, 0) is 14.4 Å². The van der Waals surface area contributed by atoms with Gasteiger partial charge in [0.1, 0.15) is 22.9 Å². The van der Waals surface area contributed by atoms with Crippen LogP contribution in [0.4, 0.5) is 5.69 Å². The smallest absolute Gasteiger partial charge is 0.309 e. The molecule has 6 rings (SSSR count). The Kier molecular flexibility index (Phi) is 14.2. The summed E-state index contributed by atoms with van der Waals surface area (Å²) in [5.41, 5.74) is 6.88. The van der Waals surface area contributed by atoms with Crippen molar-refractivity contribution in [2.75, 3.05) is 19.6 Å². The van der Waals surface area contributed by atoms with E-state index in [2.05, 4.69) is 24.3 Å². The molecule has 6 aromatic rings. The predicted molar refractivity (Wildman–Crippen MR) is 218 cm³/mol. The topological polar surface area (TPSA) is 196 Å². The van der Waals surface area contributed by atoms with Gasteiger partial charge in [-0.25, -0.2) is 0 Å². The highest BCUT2D eigenvalue weighted by Crippen LogP contribution is 2.37. The Morgan fingerprint density at radius 2 is 0.672 bits per heavy atom. The molecule has 0 saturated carbocycles. The van der Waals surface area contributed by atoms with Gasteiger partial charge in [-0.2, -0.15) is 0 Å². The maximum Gasteiger partial charge on any atom is 0.309 e. The summed E-state index contributed by atoms with van der Waals surface area (Å²) in [5, 5.41) is 67.9. The molecule has 0 aliphatic rings. The van der Waals surface area contributed by atoms with Gasteiger partial charge in [-0.3, -0.25) is 18.9 Å². The van der Waals surface area contributed by atoms with Gasteiger partial charge in [-0.05, 0) is 81.9 Å². The summed E-state index contributed by atoms with van der Waals surface area (Å²) in [6.07, 6.45) is -0.476. The van der Waals surface area contributed by atoms with Gasteiger partial charge >= 0.3 is 17.9 Å². The van der Waals surface area contributed by atoms with Crippen LogP contribution in [0.3, 0.4) is 0 Å². The van der Waals surface area contributed by atoms with Gasteiger partial charge < -0.3 is 35.7 Å². The second-order valence-electron chi connectivity index (χ2n) is 14.0. The Morgan fingerprint density at radius 3 is 0.948 bits per heavy atom. The number of nitrogens with zero attached hydrogens (tertiary/aromatic N) is 1. The van der Waals surface area contributed by atoms with E-state index in [9.17, 15) is 34.8 Å². The van der Waals surface area contributed by atoms with Gasteiger partial charge in [0, 0.05) is 11.8 Å². The number of carboxylic acid groups (broad SMARTS) is 3. The second-order valence-corrected chi connectivity index (χ2v) is 14.0. The molecule has 0 aliphatic heterocycles. The molecule has 0 amide bonds. The number of para-hydroxylation sites is 1. The standard InChI is InChI=1S/C32H26O4.C15H19NO6/c33-27-13-5-23(6-14-27)31(24-7-15-28(34)16-8-24)21-1-2-22(4-3-21)32(25-9-17-29(35)18-10-25)26-11-19-30(36)20-12-26;17-13(18)6-9-16(10-7-14(19)20,11-8-15(21)22)12-4-2-1-3-5-12/h1-20,31-36H;1-5H,6-11H2,(H2-,17,18,19,20,21,22). The highest BCUT2D eigenvalue weighted by molar-refractivity contribution is 5.70. The van der Waals surface area contributed by atoms with Crippen molar-refractivity contribution in [3.8, 4) is 23.0 Å². The largest absolute Gasteiger partial charge is 0.872 e. The van der Waals surface area contributed by atoms with Crippen LogP contribution in [0.5, 0.6) is 23.0 Å². The first-order valence-electron chi connectivity index (χ1n) is 18.6. The zero-order chi connectivity index (χ0) is 41.7. The Bertz CT molecular complexity index is 1990. The molecule has 1 atom stereocenters. The Hall–Kier alpha value is -7.11. The van der Waals surface area contributed by atoms with Gasteiger partial charge in [0.05, 0.1) is 38.9 Å². The van der Waals surface area contributed by atoms with Crippen LogP contribution in [-0.4, -0.2) is 68.2 Å². The fourth-order valence-electron chi connectivity index (χ4n) is 7.09. The molecule has 11 nitrogen and oxygen atoms in total. The average Bonchev–Trinajstić information content (AvgIpc) is 3.22. The van der Waals surface area contributed by atoms with Crippen LogP contribution in [0.25, 0.3) is 0 Å². The normalized spacial score (nSPS) is 11.6. The minimum absolute atomic E-state index is 0.0335. The lowest BCUT2D eigenvalue weighted by molar-refractivity contribution is -0.268. The third-order valence-corrected chi connectivity index (χ3v) is 10.1. The fraction of sp³-hybridized carbons (Fsp3) is 0.170. The number of benzene rings is 6. The molecule has 1 unspecified atom stereocenters. The van der Waals surface area contributed by atoms with E-state index >= 15 is 0 Å². The van der Waals surface area contributed by atoms with Crippen molar-refractivity contribution in [3.05, 3.63) is 185 Å². The van der Waals surface area contributed by atoms with E-state index in [0.29, 0.717) is 0 Å². The van der Waals surface area contributed by atoms with Crippen LogP contribution in [0.15, 0.2) is 152 Å². The monoisotopic (exact) mass is 783 g/mol. The number of aliphatic carboxylic acids is 3. The van der Waals surface area contributed by atoms with Crippen molar-refractivity contribution in [1.82, 2.24) is 4.48 Å². The molecule has 0 saturated heterocycles. The Labute approximate surface area is 336 Å².